The van der Waals surface area contributed by atoms with E-state index in [9.17, 15) is 9.18 Å². The van der Waals surface area contributed by atoms with Crippen LogP contribution < -0.4 is 4.90 Å². The van der Waals surface area contributed by atoms with E-state index in [2.05, 4.69) is 26.7 Å². The molecule has 0 aliphatic carbocycles. The number of carbonyl (C=O) groups excluding carboxylic acids is 1. The molecule has 1 amide bonds. The second kappa shape index (κ2) is 11.9. The highest BCUT2D eigenvalue weighted by molar-refractivity contribution is 6.01. The summed E-state index contributed by atoms with van der Waals surface area (Å²) >= 11 is 0. The van der Waals surface area contributed by atoms with Crippen LogP contribution in [0.1, 0.15) is 60.4 Å². The van der Waals surface area contributed by atoms with Gasteiger partial charge >= 0.3 is 0 Å². The van der Waals surface area contributed by atoms with Gasteiger partial charge in [0.05, 0.1) is 11.9 Å². The number of benzene rings is 1. The number of aryl methyl sites for hydroxylation is 2. The molecule has 4 rings (SSSR count). The lowest BCUT2D eigenvalue weighted by Gasteiger charge is -2.47. The van der Waals surface area contributed by atoms with Crippen molar-refractivity contribution in [2.75, 3.05) is 44.7 Å². The molecule has 9 heteroatoms. The van der Waals surface area contributed by atoms with Gasteiger partial charge in [-0.1, -0.05) is 13.0 Å². The molecule has 0 spiro atoms. The van der Waals surface area contributed by atoms with E-state index in [1.807, 2.05) is 18.7 Å². The first-order chi connectivity index (χ1) is 17.9. The number of amides is 1. The number of hydrogen-bond acceptors (Lipinski definition) is 6. The summed E-state index contributed by atoms with van der Waals surface area (Å²) in [6.07, 6.45) is 6.38. The van der Waals surface area contributed by atoms with Crippen LogP contribution in [-0.4, -0.2) is 89.6 Å². The predicted octanol–water partition coefficient (Wildman–Crippen LogP) is 3.91. The number of halogens is 1. The Morgan fingerprint density at radius 3 is 2.57 bits per heavy atom. The number of aliphatic imine (C=N–C) groups is 2. The summed E-state index contributed by atoms with van der Waals surface area (Å²) in [4.78, 5) is 37.7. The van der Waals surface area contributed by atoms with E-state index >= 15 is 0 Å². The van der Waals surface area contributed by atoms with E-state index < -0.39 is 0 Å². The molecule has 3 heterocycles. The minimum Gasteiger partial charge on any atom is -0.352 e. The van der Waals surface area contributed by atoms with Crippen LogP contribution in [0.2, 0.25) is 0 Å². The first-order valence-electron chi connectivity index (χ1n) is 13.2. The van der Waals surface area contributed by atoms with E-state index in [0.29, 0.717) is 47.8 Å². The second-order valence-corrected chi connectivity index (χ2v) is 9.83. The maximum Gasteiger partial charge on any atom is 0.253 e. The van der Waals surface area contributed by atoms with Gasteiger partial charge in [-0.2, -0.15) is 0 Å². The third-order valence-electron chi connectivity index (χ3n) is 7.55. The van der Waals surface area contributed by atoms with Gasteiger partial charge in [0.25, 0.3) is 5.91 Å². The molecule has 37 heavy (non-hydrogen) atoms. The lowest BCUT2D eigenvalue weighted by Crippen LogP contribution is -2.59. The Labute approximate surface area is 219 Å². The quantitative estimate of drug-likeness (QED) is 0.453. The molecule has 2 fully saturated rings. The van der Waals surface area contributed by atoms with Crippen molar-refractivity contribution in [3.63, 3.8) is 0 Å². The zero-order valence-electron chi connectivity index (χ0n) is 22.6. The zero-order valence-corrected chi connectivity index (χ0v) is 22.6. The van der Waals surface area contributed by atoms with Gasteiger partial charge in [0.2, 0.25) is 0 Å². The van der Waals surface area contributed by atoms with E-state index in [0.717, 1.165) is 50.4 Å². The van der Waals surface area contributed by atoms with Crippen LogP contribution in [0.5, 0.6) is 0 Å². The summed E-state index contributed by atoms with van der Waals surface area (Å²) < 4.78 is 14.0. The minimum absolute atomic E-state index is 0.0763. The van der Waals surface area contributed by atoms with E-state index in [-0.39, 0.29) is 11.7 Å². The molecule has 0 saturated carbocycles. The fraction of sp³-hybridized carbons (Fsp3) is 0.536. The Hall–Kier alpha value is -3.20. The first-order valence-corrected chi connectivity index (χ1v) is 13.2. The molecular formula is C28H38FN7O. The third kappa shape index (κ3) is 5.87. The number of piperidine rings is 1. The van der Waals surface area contributed by atoms with Gasteiger partial charge in [-0.15, -0.1) is 0 Å². The van der Waals surface area contributed by atoms with Gasteiger partial charge in [0, 0.05) is 63.6 Å². The molecule has 1 atom stereocenters. The molecular weight excluding hydrogens is 469 g/mol. The summed E-state index contributed by atoms with van der Waals surface area (Å²) in [6.45, 7) is 11.9. The standard InChI is InChI=1S/C28H38FN7O/c1-6-22-18-35(27-20(4)33-25(17-32-27)26(30-5)31-7-2)14-15-36(22)23-10-12-34(13-11-23)28(37)21-9-8-19(3)24(29)16-21/h7-9,16-17,22-23H,6,10-15,18H2,1-5H3. The lowest BCUT2D eigenvalue weighted by atomic mass is 9.97. The molecule has 1 aromatic heterocycles. The third-order valence-corrected chi connectivity index (χ3v) is 7.55. The van der Waals surface area contributed by atoms with Gasteiger partial charge in [0.15, 0.2) is 5.84 Å². The van der Waals surface area contributed by atoms with Gasteiger partial charge in [0.1, 0.15) is 17.3 Å². The molecule has 0 bridgehead atoms. The van der Waals surface area contributed by atoms with Crippen molar-refractivity contribution in [2.24, 2.45) is 9.98 Å². The highest BCUT2D eigenvalue weighted by Gasteiger charge is 2.35. The lowest BCUT2D eigenvalue weighted by molar-refractivity contribution is 0.0490. The van der Waals surface area contributed by atoms with E-state index in [4.69, 9.17) is 9.97 Å². The van der Waals surface area contributed by atoms with Gasteiger partial charge in [-0.05, 0) is 57.7 Å². The Balaban J connectivity index is 1.38. The average Bonchev–Trinajstić information content (AvgIpc) is 2.92. The van der Waals surface area contributed by atoms with Crippen LogP contribution in [0.4, 0.5) is 10.2 Å². The van der Waals surface area contributed by atoms with Crippen molar-refractivity contribution in [3.8, 4) is 0 Å². The summed E-state index contributed by atoms with van der Waals surface area (Å²) in [5.41, 5.74) is 2.56. The molecule has 2 saturated heterocycles. The Morgan fingerprint density at radius 1 is 1.19 bits per heavy atom. The predicted molar refractivity (Wildman–Crippen MR) is 146 cm³/mol. The summed E-state index contributed by atoms with van der Waals surface area (Å²) in [5.74, 6) is 1.10. The van der Waals surface area contributed by atoms with Gasteiger partial charge < -0.3 is 9.80 Å². The number of nitrogens with zero attached hydrogens (tertiary/aromatic N) is 7. The average molecular weight is 508 g/mol. The van der Waals surface area contributed by atoms with Crippen LogP contribution in [0.3, 0.4) is 0 Å². The minimum atomic E-state index is -0.327. The number of anilines is 1. The molecule has 2 aliphatic rings. The maximum atomic E-state index is 14.0. The maximum absolute atomic E-state index is 14.0. The van der Waals surface area contributed by atoms with Crippen LogP contribution in [0.15, 0.2) is 34.4 Å². The molecule has 0 N–H and O–H groups in total. The largest absolute Gasteiger partial charge is 0.352 e. The number of likely N-dealkylation sites (tertiary alicyclic amines) is 1. The Kier molecular flexibility index (Phi) is 8.63. The smallest absolute Gasteiger partial charge is 0.253 e. The summed E-state index contributed by atoms with van der Waals surface area (Å²) in [5, 5.41) is 0. The van der Waals surface area contributed by atoms with Crippen molar-refractivity contribution in [1.82, 2.24) is 19.8 Å². The number of amidine groups is 1. The van der Waals surface area contributed by atoms with E-state index in [1.165, 1.54) is 6.07 Å². The number of aromatic nitrogens is 2. The SMILES string of the molecule is CC=NC(=NC)c1cnc(N2CCN(C3CCN(C(=O)c4ccc(C)c(F)c4)CC3)C(CC)C2)c(C)n1. The monoisotopic (exact) mass is 507 g/mol. The van der Waals surface area contributed by atoms with Crippen molar-refractivity contribution in [2.45, 2.75) is 59.0 Å². The number of piperazine rings is 1. The van der Waals surface area contributed by atoms with Crippen LogP contribution in [0.25, 0.3) is 0 Å². The summed E-state index contributed by atoms with van der Waals surface area (Å²) in [7, 11) is 1.71. The summed E-state index contributed by atoms with van der Waals surface area (Å²) in [6, 6.07) is 5.61. The van der Waals surface area contributed by atoms with E-state index in [1.54, 1.807) is 38.5 Å². The highest BCUT2D eigenvalue weighted by Crippen LogP contribution is 2.27. The molecule has 1 unspecified atom stereocenters. The number of hydrogen-bond donors (Lipinski definition) is 0. The fourth-order valence-electron chi connectivity index (χ4n) is 5.47. The molecule has 8 nitrogen and oxygen atoms in total. The van der Waals surface area contributed by atoms with Crippen LogP contribution >= 0.6 is 0 Å². The number of rotatable bonds is 5. The molecule has 1 aromatic carbocycles. The number of carbonyl (C=O) groups is 1. The van der Waals surface area contributed by atoms with Crippen LogP contribution in [-0.2, 0) is 0 Å². The van der Waals surface area contributed by atoms with Gasteiger partial charge in [-0.25, -0.2) is 19.4 Å². The molecule has 0 radical (unpaired) electrons. The molecule has 2 aliphatic heterocycles. The van der Waals surface area contributed by atoms with Crippen molar-refractivity contribution in [1.29, 1.82) is 0 Å². The van der Waals surface area contributed by atoms with Crippen LogP contribution in [0, 0.1) is 19.7 Å². The topological polar surface area (TPSA) is 77.3 Å². The normalized spacial score (nSPS) is 20.2. The Bertz CT molecular complexity index is 1170. The zero-order chi connectivity index (χ0) is 26.5. The van der Waals surface area contributed by atoms with Gasteiger partial charge in [-0.3, -0.25) is 14.7 Å². The fourth-order valence-corrected chi connectivity index (χ4v) is 5.47. The Morgan fingerprint density at radius 2 is 1.95 bits per heavy atom. The molecule has 198 valence electrons. The second-order valence-electron chi connectivity index (χ2n) is 9.83. The molecule has 2 aromatic rings. The van der Waals surface area contributed by atoms with Crippen molar-refractivity contribution in [3.05, 3.63) is 52.7 Å². The van der Waals surface area contributed by atoms with Crippen molar-refractivity contribution < 1.29 is 9.18 Å². The van der Waals surface area contributed by atoms with Crippen molar-refractivity contribution >= 4 is 23.8 Å². The first kappa shape index (κ1) is 26.9. The highest BCUT2D eigenvalue weighted by atomic mass is 19.1.